The lowest BCUT2D eigenvalue weighted by atomic mass is 10.0. The molecular weight excluding hydrogens is 351 g/mol. The molecule has 4 rings (SSSR count). The van der Waals surface area contributed by atoms with E-state index >= 15 is 0 Å². The predicted octanol–water partition coefficient (Wildman–Crippen LogP) is 4.56. The van der Waals surface area contributed by atoms with Crippen molar-refractivity contribution in [2.45, 2.75) is 6.92 Å². The molecule has 1 aliphatic rings. The van der Waals surface area contributed by atoms with Gasteiger partial charge in [0.15, 0.2) is 5.76 Å². The number of rotatable bonds is 3. The summed E-state index contributed by atoms with van der Waals surface area (Å²) < 4.78 is 29.7. The molecule has 3 aromatic rings. The molecule has 0 unspecified atom stereocenters. The number of Topliss-reactive ketones (excluding diaryl/α,β-unsaturated/α-hetero) is 1. The van der Waals surface area contributed by atoms with E-state index in [9.17, 15) is 14.0 Å². The van der Waals surface area contributed by atoms with Crippen LogP contribution in [-0.2, 0) is 0 Å². The van der Waals surface area contributed by atoms with E-state index in [1.54, 1.807) is 37.3 Å². The minimum Gasteiger partial charge on any atom is -0.457 e. The number of hydrogen-bond acceptors (Lipinski definition) is 5. The first-order valence-electron chi connectivity index (χ1n) is 8.12. The molecule has 0 saturated heterocycles. The number of carbonyl (C=O) groups is 2. The highest BCUT2D eigenvalue weighted by molar-refractivity contribution is 6.15. The van der Waals surface area contributed by atoms with Crippen molar-refractivity contribution in [3.63, 3.8) is 0 Å². The van der Waals surface area contributed by atoms with Gasteiger partial charge in [-0.2, -0.15) is 0 Å². The van der Waals surface area contributed by atoms with Gasteiger partial charge in [0.1, 0.15) is 17.3 Å². The Morgan fingerprint density at radius 3 is 2.70 bits per heavy atom. The fourth-order valence-electron chi connectivity index (χ4n) is 2.82. The monoisotopic (exact) mass is 364 g/mol. The summed E-state index contributed by atoms with van der Waals surface area (Å²) in [6.45, 7) is 1.70. The number of allylic oxidation sites excluding steroid dienone is 1. The van der Waals surface area contributed by atoms with Gasteiger partial charge in [-0.25, -0.2) is 9.18 Å². The van der Waals surface area contributed by atoms with Crippen molar-refractivity contribution in [2.24, 2.45) is 0 Å². The third-order valence-corrected chi connectivity index (χ3v) is 4.07. The third kappa shape index (κ3) is 3.13. The van der Waals surface area contributed by atoms with E-state index in [4.69, 9.17) is 13.9 Å². The molecule has 0 fully saturated rings. The van der Waals surface area contributed by atoms with Crippen LogP contribution in [0.2, 0.25) is 0 Å². The molecule has 5 nitrogen and oxygen atoms in total. The topological polar surface area (TPSA) is 65.7 Å². The Kier molecular flexibility index (Phi) is 4.08. The van der Waals surface area contributed by atoms with Crippen LogP contribution in [-0.4, -0.2) is 11.8 Å². The first-order valence-corrected chi connectivity index (χ1v) is 8.12. The average Bonchev–Trinajstić information content (AvgIpc) is 3.26. The summed E-state index contributed by atoms with van der Waals surface area (Å²) >= 11 is 0. The number of furan rings is 1. The van der Waals surface area contributed by atoms with E-state index in [1.807, 2.05) is 0 Å². The maximum absolute atomic E-state index is 13.8. The normalized spacial score (nSPS) is 14.1. The van der Waals surface area contributed by atoms with Crippen LogP contribution in [0.4, 0.5) is 4.39 Å². The summed E-state index contributed by atoms with van der Waals surface area (Å²) in [6, 6.07) is 12.1. The fraction of sp³-hybridized carbons (Fsp3) is 0.0476. The van der Waals surface area contributed by atoms with Crippen molar-refractivity contribution in [2.75, 3.05) is 0 Å². The molecule has 0 atom stereocenters. The van der Waals surface area contributed by atoms with Crippen LogP contribution in [0, 0.1) is 12.7 Å². The van der Waals surface area contributed by atoms with Crippen LogP contribution in [0.5, 0.6) is 11.5 Å². The average molecular weight is 364 g/mol. The molecule has 0 bridgehead atoms. The molecule has 0 spiro atoms. The van der Waals surface area contributed by atoms with Crippen molar-refractivity contribution in [1.82, 2.24) is 0 Å². The van der Waals surface area contributed by atoms with Crippen molar-refractivity contribution in [1.29, 1.82) is 0 Å². The highest BCUT2D eigenvalue weighted by Gasteiger charge is 2.30. The van der Waals surface area contributed by atoms with Crippen LogP contribution in [0.3, 0.4) is 0 Å². The van der Waals surface area contributed by atoms with Crippen molar-refractivity contribution in [3.8, 4) is 11.5 Å². The minimum absolute atomic E-state index is 0.00714. The smallest absolute Gasteiger partial charge is 0.379 e. The highest BCUT2D eigenvalue weighted by atomic mass is 19.1. The van der Waals surface area contributed by atoms with Gasteiger partial charge in [-0.15, -0.1) is 0 Å². The molecule has 27 heavy (non-hydrogen) atoms. The lowest BCUT2D eigenvalue weighted by Crippen LogP contribution is -2.07. The standard InChI is InChI=1S/C21H13FO5/c1-12-9-14(26-21(24)16-7-4-8-25-16)11-17-19(12)20(23)18(27-17)10-13-5-2-3-6-15(13)22/h2-11H,1H3/b18-10-. The molecule has 0 radical (unpaired) electrons. The molecule has 134 valence electrons. The van der Waals surface area contributed by atoms with Gasteiger partial charge in [0.2, 0.25) is 11.5 Å². The van der Waals surface area contributed by atoms with Gasteiger partial charge in [-0.05, 0) is 42.8 Å². The quantitative estimate of drug-likeness (QED) is 0.387. The molecule has 0 aliphatic carbocycles. The van der Waals surface area contributed by atoms with E-state index in [1.165, 1.54) is 30.5 Å². The Labute approximate surface area is 153 Å². The number of fused-ring (bicyclic) bond motifs is 1. The summed E-state index contributed by atoms with van der Waals surface area (Å²) in [5, 5.41) is 0. The fourth-order valence-corrected chi connectivity index (χ4v) is 2.82. The molecule has 0 amide bonds. The number of halogens is 1. The second-order valence-electron chi connectivity index (χ2n) is 5.94. The van der Waals surface area contributed by atoms with E-state index < -0.39 is 11.8 Å². The first-order chi connectivity index (χ1) is 13.0. The van der Waals surface area contributed by atoms with Gasteiger partial charge < -0.3 is 13.9 Å². The van der Waals surface area contributed by atoms with Crippen LogP contribution in [0.15, 0.2) is 65.0 Å². The molecule has 1 aliphatic heterocycles. The minimum atomic E-state index is -0.661. The predicted molar refractivity (Wildman–Crippen MR) is 94.2 cm³/mol. The van der Waals surface area contributed by atoms with E-state index in [2.05, 4.69) is 0 Å². The maximum atomic E-state index is 13.8. The lowest BCUT2D eigenvalue weighted by molar-refractivity contribution is 0.0701. The zero-order valence-corrected chi connectivity index (χ0v) is 14.2. The number of benzene rings is 2. The van der Waals surface area contributed by atoms with Gasteiger partial charge in [0.25, 0.3) is 0 Å². The molecule has 2 heterocycles. The van der Waals surface area contributed by atoms with Crippen molar-refractivity contribution in [3.05, 3.63) is 88.8 Å². The number of esters is 1. The summed E-state index contributed by atoms with van der Waals surface area (Å²) in [7, 11) is 0. The van der Waals surface area contributed by atoms with Gasteiger partial charge >= 0.3 is 5.97 Å². The van der Waals surface area contributed by atoms with Gasteiger partial charge in [-0.1, -0.05) is 18.2 Å². The summed E-state index contributed by atoms with van der Waals surface area (Å²) in [6.07, 6.45) is 2.72. The highest BCUT2D eigenvalue weighted by Crippen LogP contribution is 2.37. The Morgan fingerprint density at radius 2 is 1.96 bits per heavy atom. The SMILES string of the molecule is Cc1cc(OC(=O)c2ccco2)cc2c1C(=O)/C(=C/c1ccccc1F)O2. The second-order valence-corrected chi connectivity index (χ2v) is 5.94. The number of ketones is 1. The molecular formula is C21H13FO5. The maximum Gasteiger partial charge on any atom is 0.379 e. The second kappa shape index (κ2) is 6.57. The zero-order chi connectivity index (χ0) is 19.0. The Bertz CT molecular complexity index is 1080. The molecule has 0 saturated carbocycles. The van der Waals surface area contributed by atoms with Crippen LogP contribution < -0.4 is 9.47 Å². The van der Waals surface area contributed by atoms with Gasteiger partial charge in [0.05, 0.1) is 11.8 Å². The molecule has 2 aromatic carbocycles. The Morgan fingerprint density at radius 1 is 1.15 bits per heavy atom. The third-order valence-electron chi connectivity index (χ3n) is 4.07. The van der Waals surface area contributed by atoms with Crippen molar-refractivity contribution >= 4 is 17.8 Å². The van der Waals surface area contributed by atoms with E-state index in [0.29, 0.717) is 11.1 Å². The summed E-state index contributed by atoms with van der Waals surface area (Å²) in [5.41, 5.74) is 1.18. The van der Waals surface area contributed by atoms with Crippen LogP contribution in [0.25, 0.3) is 6.08 Å². The van der Waals surface area contributed by atoms with E-state index in [0.717, 1.165) is 0 Å². The molecule has 6 heteroatoms. The van der Waals surface area contributed by atoms with Gasteiger partial charge in [0, 0.05) is 11.6 Å². The Balaban J connectivity index is 1.64. The number of hydrogen-bond donors (Lipinski definition) is 0. The lowest BCUT2D eigenvalue weighted by Gasteiger charge is -2.06. The van der Waals surface area contributed by atoms with Gasteiger partial charge in [-0.3, -0.25) is 4.79 Å². The molecule has 0 N–H and O–H groups in total. The number of ether oxygens (including phenoxy) is 2. The zero-order valence-electron chi connectivity index (χ0n) is 14.2. The first kappa shape index (κ1) is 16.8. The van der Waals surface area contributed by atoms with Crippen LogP contribution in [0.1, 0.15) is 32.0 Å². The number of carbonyl (C=O) groups excluding carboxylic acids is 2. The van der Waals surface area contributed by atoms with E-state index in [-0.39, 0.29) is 34.4 Å². The summed E-state index contributed by atoms with van der Waals surface area (Å²) in [4.78, 5) is 24.6. The van der Waals surface area contributed by atoms with Crippen LogP contribution >= 0.6 is 0 Å². The number of aryl methyl sites for hydroxylation is 1. The molecule has 1 aromatic heterocycles. The van der Waals surface area contributed by atoms with Crippen molar-refractivity contribution < 1.29 is 27.9 Å². The summed E-state index contributed by atoms with van der Waals surface area (Å²) in [5.74, 6) is -0.932. The Hall–Kier alpha value is -3.67. The largest absolute Gasteiger partial charge is 0.457 e.